The molecule has 0 amide bonds. The lowest BCUT2D eigenvalue weighted by atomic mass is 9.96. The van der Waals surface area contributed by atoms with Crippen molar-refractivity contribution < 1.29 is 23.7 Å². The Balaban J connectivity index is 1.95. The second-order valence-electron chi connectivity index (χ2n) is 5.29. The monoisotopic (exact) mass is 295 g/mol. The molecule has 0 spiro atoms. The van der Waals surface area contributed by atoms with Gasteiger partial charge in [-0.3, -0.25) is 4.79 Å². The average molecular weight is 295 g/mol. The van der Waals surface area contributed by atoms with Gasteiger partial charge in [-0.1, -0.05) is 0 Å². The molecule has 2 unspecified atom stereocenters. The van der Waals surface area contributed by atoms with Gasteiger partial charge in [0.05, 0.1) is 12.7 Å². The predicted octanol–water partition coefficient (Wildman–Crippen LogP) is 1.85. The third kappa shape index (κ3) is 3.78. The zero-order valence-electron chi connectivity index (χ0n) is 12.5. The van der Waals surface area contributed by atoms with Crippen molar-refractivity contribution in [1.82, 2.24) is 0 Å². The standard InChI is InChI=1S/C15H21NO5/c1-4-18-14(17)15(3,16)8-10(2)21-11-5-6-12-13(7-11)20-9-19-12/h5-7,10H,4,8-9,16H2,1-3H3. The van der Waals surface area contributed by atoms with Crippen molar-refractivity contribution in [2.24, 2.45) is 5.73 Å². The molecule has 0 bridgehead atoms. The second kappa shape index (κ2) is 6.22. The third-order valence-electron chi connectivity index (χ3n) is 3.13. The van der Waals surface area contributed by atoms with Crippen molar-refractivity contribution in [3.63, 3.8) is 0 Å². The number of nitrogens with two attached hydrogens (primary N) is 1. The van der Waals surface area contributed by atoms with Crippen LogP contribution in [0.4, 0.5) is 0 Å². The molecule has 1 aromatic rings. The van der Waals surface area contributed by atoms with Gasteiger partial charge in [0.15, 0.2) is 11.5 Å². The summed E-state index contributed by atoms with van der Waals surface area (Å²) in [5, 5.41) is 0. The number of rotatable bonds is 6. The third-order valence-corrected chi connectivity index (χ3v) is 3.13. The number of carbonyl (C=O) groups is 1. The predicted molar refractivity (Wildman–Crippen MR) is 76.5 cm³/mol. The molecule has 1 aromatic carbocycles. The molecule has 1 aliphatic heterocycles. The van der Waals surface area contributed by atoms with Gasteiger partial charge in [0, 0.05) is 12.5 Å². The van der Waals surface area contributed by atoms with Crippen LogP contribution in [-0.2, 0) is 9.53 Å². The molecular weight excluding hydrogens is 274 g/mol. The van der Waals surface area contributed by atoms with Crippen LogP contribution in [0.2, 0.25) is 0 Å². The normalized spacial score (nSPS) is 17.0. The molecule has 1 heterocycles. The van der Waals surface area contributed by atoms with E-state index in [0.29, 0.717) is 30.3 Å². The Labute approximate surface area is 124 Å². The summed E-state index contributed by atoms with van der Waals surface area (Å²) in [7, 11) is 0. The summed E-state index contributed by atoms with van der Waals surface area (Å²) in [5.41, 5.74) is 4.91. The van der Waals surface area contributed by atoms with E-state index in [0.717, 1.165) is 0 Å². The van der Waals surface area contributed by atoms with E-state index in [1.54, 1.807) is 32.0 Å². The number of benzene rings is 1. The van der Waals surface area contributed by atoms with Crippen LogP contribution in [0.5, 0.6) is 17.2 Å². The summed E-state index contributed by atoms with van der Waals surface area (Å²) in [4.78, 5) is 11.8. The summed E-state index contributed by atoms with van der Waals surface area (Å²) >= 11 is 0. The first-order valence-corrected chi connectivity index (χ1v) is 6.95. The SMILES string of the molecule is CCOC(=O)C(C)(N)CC(C)Oc1ccc2c(c1)OCO2. The fourth-order valence-corrected chi connectivity index (χ4v) is 2.20. The quantitative estimate of drug-likeness (QED) is 0.807. The molecule has 116 valence electrons. The molecule has 1 aliphatic rings. The Kier molecular flexibility index (Phi) is 4.57. The van der Waals surface area contributed by atoms with E-state index in [4.69, 9.17) is 24.7 Å². The van der Waals surface area contributed by atoms with Gasteiger partial charge in [0.25, 0.3) is 0 Å². The van der Waals surface area contributed by atoms with E-state index in [-0.39, 0.29) is 12.9 Å². The van der Waals surface area contributed by atoms with Gasteiger partial charge in [0.1, 0.15) is 11.3 Å². The highest BCUT2D eigenvalue weighted by Gasteiger charge is 2.32. The van der Waals surface area contributed by atoms with Crippen LogP contribution in [0, 0.1) is 0 Å². The van der Waals surface area contributed by atoms with E-state index in [9.17, 15) is 4.79 Å². The maximum absolute atomic E-state index is 11.8. The highest BCUT2D eigenvalue weighted by Crippen LogP contribution is 2.35. The van der Waals surface area contributed by atoms with E-state index < -0.39 is 11.5 Å². The second-order valence-corrected chi connectivity index (χ2v) is 5.29. The smallest absolute Gasteiger partial charge is 0.325 e. The largest absolute Gasteiger partial charge is 0.490 e. The Hall–Kier alpha value is -1.95. The lowest BCUT2D eigenvalue weighted by Gasteiger charge is -2.26. The molecule has 0 aliphatic carbocycles. The van der Waals surface area contributed by atoms with E-state index in [1.165, 1.54) is 0 Å². The van der Waals surface area contributed by atoms with Crippen LogP contribution >= 0.6 is 0 Å². The van der Waals surface area contributed by atoms with Crippen molar-refractivity contribution in [3.05, 3.63) is 18.2 Å². The van der Waals surface area contributed by atoms with Crippen LogP contribution in [0.1, 0.15) is 27.2 Å². The lowest BCUT2D eigenvalue weighted by molar-refractivity contribution is -0.149. The maximum Gasteiger partial charge on any atom is 0.325 e. The van der Waals surface area contributed by atoms with Crippen LogP contribution in [0.15, 0.2) is 18.2 Å². The molecule has 2 atom stereocenters. The van der Waals surface area contributed by atoms with Crippen LogP contribution in [0.3, 0.4) is 0 Å². The fraction of sp³-hybridized carbons (Fsp3) is 0.533. The molecule has 21 heavy (non-hydrogen) atoms. The molecule has 0 saturated heterocycles. The average Bonchev–Trinajstić information content (AvgIpc) is 2.85. The van der Waals surface area contributed by atoms with Crippen molar-refractivity contribution >= 4 is 5.97 Å². The van der Waals surface area contributed by atoms with E-state index >= 15 is 0 Å². The van der Waals surface area contributed by atoms with Gasteiger partial charge in [-0.25, -0.2) is 0 Å². The van der Waals surface area contributed by atoms with Crippen LogP contribution in [0.25, 0.3) is 0 Å². The van der Waals surface area contributed by atoms with E-state index in [2.05, 4.69) is 0 Å². The fourth-order valence-electron chi connectivity index (χ4n) is 2.20. The minimum Gasteiger partial charge on any atom is -0.490 e. The topological polar surface area (TPSA) is 80.0 Å². The highest BCUT2D eigenvalue weighted by atomic mass is 16.7. The number of ether oxygens (including phenoxy) is 4. The molecule has 0 radical (unpaired) electrons. The number of esters is 1. The van der Waals surface area contributed by atoms with Crippen LogP contribution < -0.4 is 19.9 Å². The van der Waals surface area contributed by atoms with Crippen LogP contribution in [-0.4, -0.2) is 31.0 Å². The van der Waals surface area contributed by atoms with Gasteiger partial charge < -0.3 is 24.7 Å². The van der Waals surface area contributed by atoms with Gasteiger partial charge in [-0.2, -0.15) is 0 Å². The molecular formula is C15H21NO5. The minimum atomic E-state index is -1.08. The van der Waals surface area contributed by atoms with Crippen molar-refractivity contribution in [2.75, 3.05) is 13.4 Å². The number of hydrogen-bond acceptors (Lipinski definition) is 6. The molecule has 2 rings (SSSR count). The van der Waals surface area contributed by atoms with Crippen molar-refractivity contribution in [1.29, 1.82) is 0 Å². The zero-order chi connectivity index (χ0) is 15.5. The van der Waals surface area contributed by atoms with Gasteiger partial charge in [-0.05, 0) is 32.9 Å². The summed E-state index contributed by atoms with van der Waals surface area (Å²) in [6.07, 6.45) is 0.102. The van der Waals surface area contributed by atoms with E-state index in [1.807, 2.05) is 6.92 Å². The van der Waals surface area contributed by atoms with Crippen molar-refractivity contribution in [2.45, 2.75) is 38.8 Å². The summed E-state index contributed by atoms with van der Waals surface area (Å²) in [5.74, 6) is 1.57. The molecule has 2 N–H and O–H groups in total. The molecule has 0 aromatic heterocycles. The highest BCUT2D eigenvalue weighted by molar-refractivity contribution is 5.80. The van der Waals surface area contributed by atoms with Gasteiger partial charge >= 0.3 is 5.97 Å². The zero-order valence-corrected chi connectivity index (χ0v) is 12.5. The molecule has 6 heteroatoms. The molecule has 6 nitrogen and oxygen atoms in total. The molecule has 0 fully saturated rings. The van der Waals surface area contributed by atoms with Gasteiger partial charge in [-0.15, -0.1) is 0 Å². The summed E-state index contributed by atoms with van der Waals surface area (Å²) in [6, 6.07) is 5.34. The maximum atomic E-state index is 11.8. The first-order valence-electron chi connectivity index (χ1n) is 6.95. The summed E-state index contributed by atoms with van der Waals surface area (Å²) < 4.78 is 21.3. The van der Waals surface area contributed by atoms with Crippen molar-refractivity contribution in [3.8, 4) is 17.2 Å². The Bertz CT molecular complexity index is 515. The summed E-state index contributed by atoms with van der Waals surface area (Å²) in [6.45, 7) is 5.78. The number of hydrogen-bond donors (Lipinski definition) is 1. The Morgan fingerprint density at radius 2 is 2.14 bits per heavy atom. The Morgan fingerprint density at radius 3 is 2.86 bits per heavy atom. The first kappa shape index (κ1) is 15.4. The van der Waals surface area contributed by atoms with Gasteiger partial charge in [0.2, 0.25) is 6.79 Å². The number of fused-ring (bicyclic) bond motifs is 1. The minimum absolute atomic E-state index is 0.220. The Morgan fingerprint density at radius 1 is 1.43 bits per heavy atom. The first-order chi connectivity index (χ1) is 9.92. The number of carbonyl (C=O) groups excluding carboxylic acids is 1. The molecule has 0 saturated carbocycles. The lowest BCUT2D eigenvalue weighted by Crippen LogP contribution is -2.49.